The Morgan fingerprint density at radius 1 is 0.902 bits per heavy atom. The number of imidazole rings is 1. The highest BCUT2D eigenvalue weighted by Crippen LogP contribution is 2.20. The Bertz CT molecular complexity index is 2080. The molecule has 0 saturated carbocycles. The van der Waals surface area contributed by atoms with Crippen LogP contribution in [0.4, 0.5) is 4.39 Å². The van der Waals surface area contributed by atoms with E-state index in [-0.39, 0.29) is 50.4 Å². The molecule has 61 heavy (non-hydrogen) atoms. The molecule has 1 aliphatic rings. The molecule has 5 atom stereocenters. The van der Waals surface area contributed by atoms with Crippen molar-refractivity contribution >= 4 is 46.3 Å². The lowest BCUT2D eigenvalue weighted by Gasteiger charge is -2.29. The number of aliphatic hydroxyl groups is 1. The summed E-state index contributed by atoms with van der Waals surface area (Å²) in [6.45, 7) is 0.954. The molecule has 2 heterocycles. The first kappa shape index (κ1) is 45.7. The van der Waals surface area contributed by atoms with Crippen molar-refractivity contribution in [2.24, 2.45) is 5.73 Å². The van der Waals surface area contributed by atoms with E-state index in [1.54, 1.807) is 6.20 Å². The van der Waals surface area contributed by atoms with Crippen LogP contribution in [0.1, 0.15) is 61.8 Å². The van der Waals surface area contributed by atoms with E-state index >= 15 is 0 Å². The number of rotatable bonds is 12. The predicted octanol–water partition coefficient (Wildman–Crippen LogP) is 0.921. The smallest absolute Gasteiger partial charge is 0.243 e. The van der Waals surface area contributed by atoms with Crippen LogP contribution in [0.2, 0.25) is 0 Å². The molecule has 18 heteroatoms. The Morgan fingerprint density at radius 3 is 2.39 bits per heavy atom. The Labute approximate surface area is 353 Å². The number of amides is 5. The van der Waals surface area contributed by atoms with Gasteiger partial charge in [0.25, 0.3) is 0 Å². The first-order valence-electron chi connectivity index (χ1n) is 20.6. The van der Waals surface area contributed by atoms with Gasteiger partial charge in [-0.3, -0.25) is 34.7 Å². The van der Waals surface area contributed by atoms with Crippen LogP contribution in [-0.2, 0) is 43.2 Å². The van der Waals surface area contributed by atoms with E-state index in [1.807, 2.05) is 42.5 Å². The van der Waals surface area contributed by atoms with Gasteiger partial charge in [0.2, 0.25) is 29.5 Å². The largest absolute Gasteiger partial charge is 0.376 e. The standard InChI is InChI=1S/C43H56FN11O6/c44-30-15-12-27(13-16-30)23-35-41(60)53-33(11-6-22-50-43(45)46)39(58)49-21-4-3-20-48-37(56)19-17-34(40(59)55-36(42(61)54-35)24-31-25-47-26-51-31)52-38(57)18-14-29-9-5-8-28-7-1-2-10-32(28)29/h1-2,5,7-10,12-13,15-16,25-26,33-36,39,49,58H,3-4,6,11,14,17-24H2,(H,47,51)(H,48,56)(H,52,57)(H,53,60)(H,54,61)(H,55,59)(H4,45,46,50)/t33-,34-,35+,36-,39?/m0/s1. The second kappa shape index (κ2) is 23.4. The van der Waals surface area contributed by atoms with Crippen LogP contribution in [0.3, 0.4) is 0 Å². The van der Waals surface area contributed by atoms with Crippen molar-refractivity contribution in [1.82, 2.24) is 47.2 Å². The molecule has 1 unspecified atom stereocenters. The molecule has 17 nitrogen and oxygen atoms in total. The lowest BCUT2D eigenvalue weighted by atomic mass is 10.0. The van der Waals surface area contributed by atoms with E-state index in [9.17, 15) is 33.5 Å². The minimum Gasteiger partial charge on any atom is -0.376 e. The number of benzene rings is 3. The molecule has 1 fully saturated rings. The van der Waals surface area contributed by atoms with E-state index in [0.29, 0.717) is 56.6 Å². The van der Waals surface area contributed by atoms with Gasteiger partial charge in [-0.25, -0.2) is 9.37 Å². The number of carbonyl (C=O) groups excluding carboxylic acids is 5. The van der Waals surface area contributed by atoms with E-state index in [4.69, 9.17) is 11.1 Å². The summed E-state index contributed by atoms with van der Waals surface area (Å²) in [6, 6.07) is 14.5. The zero-order valence-electron chi connectivity index (χ0n) is 34.0. The third-order valence-electron chi connectivity index (χ3n) is 10.4. The number of fused-ring (bicyclic) bond motifs is 1. The van der Waals surface area contributed by atoms with Crippen LogP contribution in [0.5, 0.6) is 0 Å². The van der Waals surface area contributed by atoms with Gasteiger partial charge in [-0.1, -0.05) is 54.6 Å². The van der Waals surface area contributed by atoms with E-state index < -0.39 is 59.8 Å². The van der Waals surface area contributed by atoms with Gasteiger partial charge in [0, 0.05) is 45.0 Å². The van der Waals surface area contributed by atoms with Crippen LogP contribution >= 0.6 is 0 Å². The van der Waals surface area contributed by atoms with Crippen molar-refractivity contribution in [3.63, 3.8) is 0 Å². The first-order valence-corrected chi connectivity index (χ1v) is 20.6. The molecule has 1 saturated heterocycles. The van der Waals surface area contributed by atoms with Crippen LogP contribution in [0.15, 0.2) is 79.3 Å². The van der Waals surface area contributed by atoms with Crippen molar-refractivity contribution in [3.05, 3.63) is 102 Å². The van der Waals surface area contributed by atoms with Crippen molar-refractivity contribution in [2.75, 3.05) is 19.6 Å². The number of hydrogen-bond acceptors (Lipinski definition) is 9. The third-order valence-corrected chi connectivity index (χ3v) is 10.4. The van der Waals surface area contributed by atoms with Gasteiger partial charge in [0.05, 0.1) is 18.1 Å². The zero-order chi connectivity index (χ0) is 43.6. The third kappa shape index (κ3) is 15.0. The topological polar surface area (TPSA) is 268 Å². The number of aromatic amines is 1. The number of guanidine groups is 1. The fraction of sp³-hybridized carbons (Fsp3) is 0.419. The zero-order valence-corrected chi connectivity index (χ0v) is 34.0. The second-order valence-corrected chi connectivity index (χ2v) is 15.1. The van der Waals surface area contributed by atoms with Crippen LogP contribution in [0, 0.1) is 11.2 Å². The number of carbonyl (C=O) groups is 5. The lowest BCUT2D eigenvalue weighted by Crippen LogP contribution is -2.59. The van der Waals surface area contributed by atoms with Gasteiger partial charge in [-0.2, -0.15) is 0 Å². The fourth-order valence-corrected chi connectivity index (χ4v) is 7.10. The maximum atomic E-state index is 14.3. The maximum absolute atomic E-state index is 14.3. The number of nitrogens with one attached hydrogen (secondary N) is 9. The average molecular weight is 842 g/mol. The van der Waals surface area contributed by atoms with Crippen LogP contribution in [-0.4, -0.2) is 101 Å². The summed E-state index contributed by atoms with van der Waals surface area (Å²) in [6.07, 6.45) is 3.61. The molecule has 5 rings (SSSR count). The summed E-state index contributed by atoms with van der Waals surface area (Å²) in [5, 5.41) is 40.4. The molecule has 0 aliphatic carbocycles. The summed E-state index contributed by atoms with van der Waals surface area (Å²) in [7, 11) is 0. The first-order chi connectivity index (χ1) is 29.4. The monoisotopic (exact) mass is 841 g/mol. The molecule has 1 aromatic heterocycles. The van der Waals surface area contributed by atoms with Gasteiger partial charge >= 0.3 is 0 Å². The van der Waals surface area contributed by atoms with Crippen LogP contribution in [0.25, 0.3) is 10.8 Å². The average Bonchev–Trinajstić information content (AvgIpc) is 3.76. The van der Waals surface area contributed by atoms with Gasteiger partial charge < -0.3 is 47.7 Å². The summed E-state index contributed by atoms with van der Waals surface area (Å²) in [5.74, 6) is -3.60. The minimum atomic E-state index is -1.31. The number of H-pyrrole nitrogens is 1. The Hall–Kier alpha value is -6.40. The van der Waals surface area contributed by atoms with Crippen molar-refractivity contribution in [2.45, 2.75) is 94.6 Å². The predicted molar refractivity (Wildman–Crippen MR) is 227 cm³/mol. The second-order valence-electron chi connectivity index (χ2n) is 15.1. The summed E-state index contributed by atoms with van der Waals surface area (Å²) in [5.41, 5.74) is 7.33. The molecule has 5 amide bonds. The van der Waals surface area contributed by atoms with Gasteiger partial charge in [-0.05, 0) is 79.1 Å². The van der Waals surface area contributed by atoms with Crippen LogP contribution < -0.4 is 43.0 Å². The number of aliphatic hydroxyl groups excluding tert-OH is 1. The number of nitrogens with two attached hydrogens (primary N) is 1. The Morgan fingerprint density at radius 2 is 1.62 bits per heavy atom. The number of nitrogens with zero attached hydrogens (tertiary/aromatic N) is 1. The highest BCUT2D eigenvalue weighted by molar-refractivity contribution is 5.95. The quantitative estimate of drug-likeness (QED) is 0.0546. The molecule has 0 bridgehead atoms. The summed E-state index contributed by atoms with van der Waals surface area (Å²) >= 11 is 0. The van der Waals surface area contributed by atoms with Gasteiger partial charge in [0.1, 0.15) is 30.2 Å². The van der Waals surface area contributed by atoms with Gasteiger partial charge in [0.15, 0.2) is 5.96 Å². The van der Waals surface area contributed by atoms with E-state index in [2.05, 4.69) is 47.2 Å². The lowest BCUT2D eigenvalue weighted by molar-refractivity contribution is -0.134. The molecule has 1 aliphatic heterocycles. The fourth-order valence-electron chi connectivity index (χ4n) is 7.10. The molecule has 326 valence electrons. The molecule has 3 aromatic carbocycles. The van der Waals surface area contributed by atoms with E-state index in [1.165, 1.54) is 30.6 Å². The van der Waals surface area contributed by atoms with Crippen molar-refractivity contribution in [1.29, 1.82) is 5.41 Å². The Kier molecular flexibility index (Phi) is 17.5. The normalized spacial score (nSPS) is 21.3. The molecule has 0 spiro atoms. The number of hydrogen-bond donors (Lipinski definition) is 11. The summed E-state index contributed by atoms with van der Waals surface area (Å²) in [4.78, 5) is 76.1. The van der Waals surface area contributed by atoms with Crippen molar-refractivity contribution in [3.8, 4) is 0 Å². The number of halogens is 1. The van der Waals surface area contributed by atoms with Gasteiger partial charge in [-0.15, -0.1) is 0 Å². The minimum absolute atomic E-state index is 0.0539. The van der Waals surface area contributed by atoms with E-state index in [0.717, 1.165) is 16.3 Å². The molecular weight excluding hydrogens is 786 g/mol. The highest BCUT2D eigenvalue weighted by Gasteiger charge is 2.32. The highest BCUT2D eigenvalue weighted by atomic mass is 19.1. The Balaban J connectivity index is 1.40. The molecule has 0 radical (unpaired) electrons. The maximum Gasteiger partial charge on any atom is 0.243 e. The molecular formula is C43H56FN11O6. The number of aryl methyl sites for hydroxylation is 1. The van der Waals surface area contributed by atoms with Crippen molar-refractivity contribution < 1.29 is 33.5 Å². The number of aromatic nitrogens is 2. The SMILES string of the molecule is N=C(N)NCCC[C@@H]1NC(=O)[C@@H](Cc2ccc(F)cc2)NC(=O)[C@H](Cc2c[nH]cn2)NC(=O)[C@@H](NC(=O)CCc2cccc3ccccc23)CCC(=O)NCCCCNC1O. The molecule has 4 aromatic rings. The molecule has 12 N–H and O–H groups in total. The summed E-state index contributed by atoms with van der Waals surface area (Å²) < 4.78 is 13.9.